The molecule has 0 saturated carbocycles. The zero-order valence-electron chi connectivity index (χ0n) is 18.6. The molecule has 0 aliphatic rings. The molecule has 0 saturated heterocycles. The topological polar surface area (TPSA) is 59.9 Å². The second-order valence-electron chi connectivity index (χ2n) is 7.43. The van der Waals surface area contributed by atoms with Crippen LogP contribution in [-0.4, -0.2) is 33.7 Å². The smallest absolute Gasteiger partial charge is 0.274 e. The van der Waals surface area contributed by atoms with Crippen molar-refractivity contribution in [2.45, 2.75) is 30.4 Å². The first-order valence-electron chi connectivity index (χ1n) is 10.4. The number of alkyl halides is 2. The van der Waals surface area contributed by atoms with E-state index in [9.17, 15) is 13.2 Å². The average molecular weight is 521 g/mol. The van der Waals surface area contributed by atoms with Crippen molar-refractivity contribution in [3.05, 3.63) is 71.9 Å². The van der Waals surface area contributed by atoms with E-state index in [1.165, 1.54) is 55.0 Å². The van der Waals surface area contributed by atoms with Crippen LogP contribution in [0, 0.1) is 11.6 Å². The van der Waals surface area contributed by atoms with Crippen LogP contribution in [0.4, 0.5) is 23.2 Å². The van der Waals surface area contributed by atoms with Gasteiger partial charge in [0.25, 0.3) is 6.43 Å². The summed E-state index contributed by atoms with van der Waals surface area (Å²) in [4.78, 5) is 12.6. The number of rotatable bonds is 9. The number of benzene rings is 2. The van der Waals surface area contributed by atoms with Gasteiger partial charge in [-0.1, -0.05) is 42.1 Å². The molecule has 182 valence electrons. The number of halogens is 4. The Balaban J connectivity index is 1.69. The lowest BCUT2D eigenvalue weighted by atomic mass is 10.0. The maximum atomic E-state index is 15.2. The molecular weight excluding hydrogens is 500 g/mol. The van der Waals surface area contributed by atoms with Crippen molar-refractivity contribution in [2.24, 2.45) is 0 Å². The second-order valence-corrected chi connectivity index (χ2v) is 8.99. The molecule has 4 aromatic rings. The Morgan fingerprint density at radius 1 is 1.00 bits per heavy atom. The van der Waals surface area contributed by atoms with Crippen molar-refractivity contribution in [3.63, 3.8) is 0 Å². The second kappa shape index (κ2) is 11.1. The SMILES string of the molecule is CSc1ncc2cc(-c3ccc(NSCc4ccccc4)c(F)c3F)c(OC(C)C(F)F)nc2n1. The summed E-state index contributed by atoms with van der Waals surface area (Å²) in [7, 11) is 0. The molecule has 0 amide bonds. The molecule has 2 heterocycles. The molecule has 0 aliphatic carbocycles. The number of nitrogens with one attached hydrogen (secondary N) is 1. The minimum Gasteiger partial charge on any atom is -0.468 e. The van der Waals surface area contributed by atoms with Gasteiger partial charge in [0.05, 0.1) is 5.69 Å². The van der Waals surface area contributed by atoms with Gasteiger partial charge in [-0.25, -0.2) is 27.5 Å². The van der Waals surface area contributed by atoms with Gasteiger partial charge in [-0.3, -0.25) is 0 Å². The molecule has 4 rings (SSSR count). The molecule has 1 atom stereocenters. The highest BCUT2D eigenvalue weighted by atomic mass is 32.2. The molecule has 0 aliphatic heterocycles. The Bertz CT molecular complexity index is 1330. The summed E-state index contributed by atoms with van der Waals surface area (Å²) in [5.74, 6) is -1.99. The first-order chi connectivity index (χ1) is 16.9. The van der Waals surface area contributed by atoms with E-state index >= 15 is 4.39 Å². The first-order valence-corrected chi connectivity index (χ1v) is 12.6. The standard InChI is InChI=1S/C24H20F4N4OS2/c1-13(21(27)28)33-23-17(10-15-11-29-24(34-2)31-22(15)30-23)16-8-9-18(20(26)19(16)25)32-35-12-14-6-4-3-5-7-14/h3-11,13,21,32H,12H2,1-2H3. The maximum absolute atomic E-state index is 15.2. The average Bonchev–Trinajstić information content (AvgIpc) is 2.86. The van der Waals surface area contributed by atoms with Crippen LogP contribution in [0.1, 0.15) is 12.5 Å². The zero-order valence-corrected chi connectivity index (χ0v) is 20.3. The van der Waals surface area contributed by atoms with Gasteiger partial charge in [0.2, 0.25) is 5.88 Å². The first kappa shape index (κ1) is 25.1. The van der Waals surface area contributed by atoms with Gasteiger partial charge < -0.3 is 9.46 Å². The van der Waals surface area contributed by atoms with E-state index in [2.05, 4.69) is 19.7 Å². The van der Waals surface area contributed by atoms with Crippen LogP contribution in [0.25, 0.3) is 22.2 Å². The molecule has 0 bridgehead atoms. The summed E-state index contributed by atoms with van der Waals surface area (Å²) in [5.41, 5.74) is 1.01. The van der Waals surface area contributed by atoms with Gasteiger partial charge >= 0.3 is 0 Å². The van der Waals surface area contributed by atoms with E-state index in [-0.39, 0.29) is 28.3 Å². The van der Waals surface area contributed by atoms with Crippen LogP contribution in [0.15, 0.2) is 59.9 Å². The molecule has 0 fully saturated rings. The van der Waals surface area contributed by atoms with Crippen molar-refractivity contribution in [2.75, 3.05) is 11.0 Å². The molecule has 5 nitrogen and oxygen atoms in total. The number of thioether (sulfide) groups is 1. The number of nitrogens with zero attached hydrogens (tertiary/aromatic N) is 3. The van der Waals surface area contributed by atoms with Crippen LogP contribution in [0.2, 0.25) is 0 Å². The lowest BCUT2D eigenvalue weighted by Gasteiger charge is -2.17. The van der Waals surface area contributed by atoms with E-state index in [0.29, 0.717) is 16.3 Å². The van der Waals surface area contributed by atoms with Crippen LogP contribution in [0.3, 0.4) is 0 Å². The predicted octanol–water partition coefficient (Wildman–Crippen LogP) is 6.98. The Labute approximate surface area is 207 Å². The van der Waals surface area contributed by atoms with Gasteiger partial charge in [-0.2, -0.15) is 4.98 Å². The van der Waals surface area contributed by atoms with Gasteiger partial charge in [0.15, 0.2) is 28.5 Å². The number of hydrogen-bond donors (Lipinski definition) is 1. The quantitative estimate of drug-likeness (QED) is 0.111. The summed E-state index contributed by atoms with van der Waals surface area (Å²) in [6.45, 7) is 1.17. The molecule has 0 radical (unpaired) electrons. The normalized spacial score (nSPS) is 12.2. The molecule has 2 aromatic carbocycles. The summed E-state index contributed by atoms with van der Waals surface area (Å²) in [6.07, 6.45) is -1.07. The molecule has 11 heteroatoms. The van der Waals surface area contributed by atoms with E-state index < -0.39 is 24.2 Å². The zero-order chi connectivity index (χ0) is 24.9. The Hall–Kier alpha value is -3.05. The molecule has 2 aromatic heterocycles. The fraction of sp³-hybridized carbons (Fsp3) is 0.208. The minimum absolute atomic E-state index is 0.0189. The fourth-order valence-corrected chi connectivity index (χ4v) is 4.23. The third-order valence-electron chi connectivity index (χ3n) is 4.98. The van der Waals surface area contributed by atoms with Crippen LogP contribution in [0.5, 0.6) is 5.88 Å². The lowest BCUT2D eigenvalue weighted by molar-refractivity contribution is 0.0206. The van der Waals surface area contributed by atoms with E-state index in [1.54, 1.807) is 6.26 Å². The number of ether oxygens (including phenoxy) is 1. The summed E-state index contributed by atoms with van der Waals surface area (Å²) in [5, 5.41) is 0.849. The van der Waals surface area contributed by atoms with Crippen LogP contribution in [-0.2, 0) is 5.75 Å². The molecule has 0 spiro atoms. The number of pyridine rings is 1. The van der Waals surface area contributed by atoms with Crippen molar-refractivity contribution < 1.29 is 22.3 Å². The third kappa shape index (κ3) is 5.79. The highest BCUT2D eigenvalue weighted by Gasteiger charge is 2.24. The Morgan fingerprint density at radius 2 is 1.77 bits per heavy atom. The van der Waals surface area contributed by atoms with Crippen LogP contribution < -0.4 is 9.46 Å². The van der Waals surface area contributed by atoms with Crippen molar-refractivity contribution in [1.82, 2.24) is 15.0 Å². The van der Waals surface area contributed by atoms with Gasteiger partial charge in [0.1, 0.15) is 0 Å². The van der Waals surface area contributed by atoms with Gasteiger partial charge in [-0.15, -0.1) is 0 Å². The van der Waals surface area contributed by atoms with E-state index in [4.69, 9.17) is 4.74 Å². The van der Waals surface area contributed by atoms with E-state index in [0.717, 1.165) is 5.56 Å². The largest absolute Gasteiger partial charge is 0.468 e. The van der Waals surface area contributed by atoms with Gasteiger partial charge in [-0.05, 0) is 48.9 Å². The van der Waals surface area contributed by atoms with Crippen molar-refractivity contribution in [1.29, 1.82) is 0 Å². The summed E-state index contributed by atoms with van der Waals surface area (Å²) in [6, 6.07) is 13.7. The Kier molecular flexibility index (Phi) is 7.97. The minimum atomic E-state index is -2.80. The highest BCUT2D eigenvalue weighted by molar-refractivity contribution is 7.99. The predicted molar refractivity (Wildman–Crippen MR) is 132 cm³/mol. The molecular formula is C24H20F4N4OS2. The number of fused-ring (bicyclic) bond motifs is 1. The summed E-state index contributed by atoms with van der Waals surface area (Å²) < 4.78 is 64.7. The third-order valence-corrected chi connectivity index (χ3v) is 6.39. The molecule has 35 heavy (non-hydrogen) atoms. The van der Waals surface area contributed by atoms with E-state index in [1.807, 2.05) is 30.3 Å². The Morgan fingerprint density at radius 3 is 2.49 bits per heavy atom. The number of hydrogen-bond acceptors (Lipinski definition) is 7. The fourth-order valence-electron chi connectivity index (χ4n) is 3.15. The number of aromatic nitrogens is 3. The maximum Gasteiger partial charge on any atom is 0.274 e. The lowest BCUT2D eigenvalue weighted by Crippen LogP contribution is -2.22. The van der Waals surface area contributed by atoms with Crippen molar-refractivity contribution in [3.8, 4) is 17.0 Å². The molecule has 1 unspecified atom stereocenters. The number of anilines is 1. The molecule has 1 N–H and O–H groups in total. The monoisotopic (exact) mass is 520 g/mol. The summed E-state index contributed by atoms with van der Waals surface area (Å²) >= 11 is 2.49. The van der Waals surface area contributed by atoms with Crippen LogP contribution >= 0.6 is 23.7 Å². The highest BCUT2D eigenvalue weighted by Crippen LogP contribution is 2.37. The van der Waals surface area contributed by atoms with Gasteiger partial charge in [0, 0.05) is 28.5 Å². The van der Waals surface area contributed by atoms with Crippen molar-refractivity contribution >= 4 is 40.4 Å².